The SMILES string of the molecule is CC(C)C(N)CCN(C)Cc1ccn(C2CCCCC2)n1. The molecule has 0 spiro atoms. The van der Waals surface area contributed by atoms with Crippen molar-refractivity contribution in [3.8, 4) is 0 Å². The van der Waals surface area contributed by atoms with E-state index in [-0.39, 0.29) is 0 Å². The summed E-state index contributed by atoms with van der Waals surface area (Å²) in [6, 6.07) is 3.10. The van der Waals surface area contributed by atoms with Gasteiger partial charge in [-0.2, -0.15) is 5.10 Å². The zero-order valence-electron chi connectivity index (χ0n) is 14.0. The van der Waals surface area contributed by atoms with Crippen LogP contribution in [0.5, 0.6) is 0 Å². The van der Waals surface area contributed by atoms with Gasteiger partial charge in [0, 0.05) is 18.8 Å². The lowest BCUT2D eigenvalue weighted by Gasteiger charge is -2.22. The quantitative estimate of drug-likeness (QED) is 0.839. The fourth-order valence-corrected chi connectivity index (χ4v) is 3.07. The second-order valence-electron chi connectivity index (χ2n) is 7.01. The lowest BCUT2D eigenvalue weighted by molar-refractivity contribution is 0.287. The van der Waals surface area contributed by atoms with E-state index in [9.17, 15) is 0 Å². The van der Waals surface area contributed by atoms with Gasteiger partial charge in [0.1, 0.15) is 0 Å². The summed E-state index contributed by atoms with van der Waals surface area (Å²) in [6.45, 7) is 6.34. The van der Waals surface area contributed by atoms with Crippen molar-refractivity contribution in [1.29, 1.82) is 0 Å². The molecule has 0 saturated heterocycles. The molecule has 4 nitrogen and oxygen atoms in total. The van der Waals surface area contributed by atoms with E-state index in [0.717, 1.165) is 19.5 Å². The molecule has 1 fully saturated rings. The molecule has 1 saturated carbocycles. The molecular formula is C17H32N4. The van der Waals surface area contributed by atoms with Crippen LogP contribution in [-0.4, -0.2) is 34.3 Å². The van der Waals surface area contributed by atoms with Crippen molar-refractivity contribution < 1.29 is 0 Å². The highest BCUT2D eigenvalue weighted by molar-refractivity contribution is 5.00. The molecule has 0 radical (unpaired) electrons. The van der Waals surface area contributed by atoms with Gasteiger partial charge in [-0.3, -0.25) is 4.68 Å². The van der Waals surface area contributed by atoms with Gasteiger partial charge in [0.2, 0.25) is 0 Å². The predicted molar refractivity (Wildman–Crippen MR) is 88.1 cm³/mol. The Labute approximate surface area is 129 Å². The molecule has 0 amide bonds. The molecule has 1 heterocycles. The van der Waals surface area contributed by atoms with Gasteiger partial charge in [0.15, 0.2) is 0 Å². The van der Waals surface area contributed by atoms with Crippen LogP contribution in [0.2, 0.25) is 0 Å². The highest BCUT2D eigenvalue weighted by Crippen LogP contribution is 2.27. The van der Waals surface area contributed by atoms with Crippen molar-refractivity contribution in [2.24, 2.45) is 11.7 Å². The fraction of sp³-hybridized carbons (Fsp3) is 0.824. The molecule has 0 aromatic carbocycles. The Kier molecular flexibility index (Phi) is 6.24. The van der Waals surface area contributed by atoms with Gasteiger partial charge in [-0.1, -0.05) is 33.1 Å². The lowest BCUT2D eigenvalue weighted by atomic mass is 9.96. The molecule has 2 rings (SSSR count). The van der Waals surface area contributed by atoms with Crippen LogP contribution in [-0.2, 0) is 6.54 Å². The summed E-state index contributed by atoms with van der Waals surface area (Å²) in [4.78, 5) is 2.33. The van der Waals surface area contributed by atoms with E-state index >= 15 is 0 Å². The molecule has 0 aliphatic heterocycles. The predicted octanol–water partition coefficient (Wildman–Crippen LogP) is 3.19. The monoisotopic (exact) mass is 292 g/mol. The van der Waals surface area contributed by atoms with Crippen molar-refractivity contribution in [2.45, 2.75) is 71.0 Å². The second kappa shape index (κ2) is 7.95. The van der Waals surface area contributed by atoms with Gasteiger partial charge in [0.05, 0.1) is 11.7 Å². The first-order valence-electron chi connectivity index (χ1n) is 8.54. The Morgan fingerprint density at radius 1 is 1.33 bits per heavy atom. The molecular weight excluding hydrogens is 260 g/mol. The van der Waals surface area contributed by atoms with E-state index in [1.165, 1.54) is 37.8 Å². The number of nitrogens with two attached hydrogens (primary N) is 1. The van der Waals surface area contributed by atoms with E-state index in [2.05, 4.69) is 42.7 Å². The molecule has 1 aromatic heterocycles. The number of aromatic nitrogens is 2. The molecule has 1 aliphatic rings. The van der Waals surface area contributed by atoms with Gasteiger partial charge in [-0.15, -0.1) is 0 Å². The minimum Gasteiger partial charge on any atom is -0.327 e. The van der Waals surface area contributed by atoms with Crippen molar-refractivity contribution in [3.05, 3.63) is 18.0 Å². The third-order valence-electron chi connectivity index (χ3n) is 4.74. The Morgan fingerprint density at radius 3 is 2.71 bits per heavy atom. The maximum Gasteiger partial charge on any atom is 0.0764 e. The highest BCUT2D eigenvalue weighted by atomic mass is 15.3. The third kappa shape index (κ3) is 5.11. The standard InChI is InChI=1S/C17H32N4/c1-14(2)17(18)10-11-20(3)13-15-9-12-21(19-15)16-7-5-4-6-8-16/h9,12,14,16-17H,4-8,10-11,13,18H2,1-3H3. The smallest absolute Gasteiger partial charge is 0.0764 e. The van der Waals surface area contributed by atoms with E-state index < -0.39 is 0 Å². The Bertz CT molecular complexity index is 407. The molecule has 1 unspecified atom stereocenters. The average Bonchev–Trinajstić information content (AvgIpc) is 2.94. The number of hydrogen-bond donors (Lipinski definition) is 1. The zero-order chi connectivity index (χ0) is 15.2. The van der Waals surface area contributed by atoms with Gasteiger partial charge >= 0.3 is 0 Å². The molecule has 0 bridgehead atoms. The molecule has 120 valence electrons. The van der Waals surface area contributed by atoms with E-state index in [4.69, 9.17) is 10.8 Å². The summed E-state index contributed by atoms with van der Waals surface area (Å²) in [5, 5.41) is 4.78. The topological polar surface area (TPSA) is 47.1 Å². The number of rotatable bonds is 7. The van der Waals surface area contributed by atoms with Crippen LogP contribution < -0.4 is 5.73 Å². The summed E-state index contributed by atoms with van der Waals surface area (Å²) in [5.74, 6) is 0.559. The summed E-state index contributed by atoms with van der Waals surface area (Å²) in [5.41, 5.74) is 7.30. The van der Waals surface area contributed by atoms with Gasteiger partial charge in [-0.05, 0) is 44.8 Å². The fourth-order valence-electron chi connectivity index (χ4n) is 3.07. The average molecular weight is 292 g/mol. The van der Waals surface area contributed by atoms with Gasteiger partial charge < -0.3 is 10.6 Å². The first-order chi connectivity index (χ1) is 10.1. The minimum atomic E-state index is 0.298. The maximum atomic E-state index is 6.11. The van der Waals surface area contributed by atoms with E-state index in [1.54, 1.807) is 0 Å². The Hall–Kier alpha value is -0.870. The number of nitrogens with zero attached hydrogens (tertiary/aromatic N) is 3. The summed E-state index contributed by atoms with van der Waals surface area (Å²) < 4.78 is 2.20. The molecule has 4 heteroatoms. The van der Waals surface area contributed by atoms with Crippen LogP contribution >= 0.6 is 0 Å². The highest BCUT2D eigenvalue weighted by Gasteiger charge is 2.16. The third-order valence-corrected chi connectivity index (χ3v) is 4.74. The van der Waals surface area contributed by atoms with Crippen molar-refractivity contribution in [2.75, 3.05) is 13.6 Å². The van der Waals surface area contributed by atoms with Crippen LogP contribution in [0.4, 0.5) is 0 Å². The van der Waals surface area contributed by atoms with Crippen LogP contribution in [0.1, 0.15) is 64.1 Å². The number of hydrogen-bond acceptors (Lipinski definition) is 3. The second-order valence-corrected chi connectivity index (χ2v) is 7.01. The van der Waals surface area contributed by atoms with Crippen molar-refractivity contribution in [1.82, 2.24) is 14.7 Å². The van der Waals surface area contributed by atoms with Crippen molar-refractivity contribution in [3.63, 3.8) is 0 Å². The van der Waals surface area contributed by atoms with Crippen LogP contribution in [0, 0.1) is 5.92 Å². The van der Waals surface area contributed by atoms with E-state index in [1.807, 2.05) is 0 Å². The first kappa shape index (κ1) is 16.5. The Morgan fingerprint density at radius 2 is 2.05 bits per heavy atom. The van der Waals surface area contributed by atoms with Gasteiger partial charge in [-0.25, -0.2) is 0 Å². The van der Waals surface area contributed by atoms with Crippen molar-refractivity contribution >= 4 is 0 Å². The van der Waals surface area contributed by atoms with Crippen LogP contribution in [0.25, 0.3) is 0 Å². The van der Waals surface area contributed by atoms with Gasteiger partial charge in [0.25, 0.3) is 0 Å². The Balaban J connectivity index is 1.78. The molecule has 1 atom stereocenters. The molecule has 2 N–H and O–H groups in total. The summed E-state index contributed by atoms with van der Waals surface area (Å²) >= 11 is 0. The van der Waals surface area contributed by atoms with Crippen LogP contribution in [0.3, 0.4) is 0 Å². The molecule has 1 aliphatic carbocycles. The molecule has 1 aromatic rings. The summed E-state index contributed by atoms with van der Waals surface area (Å²) in [6.07, 6.45) is 9.90. The maximum absolute atomic E-state index is 6.11. The summed E-state index contributed by atoms with van der Waals surface area (Å²) in [7, 11) is 2.16. The lowest BCUT2D eigenvalue weighted by Crippen LogP contribution is -2.31. The zero-order valence-corrected chi connectivity index (χ0v) is 14.0. The molecule has 21 heavy (non-hydrogen) atoms. The minimum absolute atomic E-state index is 0.298. The van der Waals surface area contributed by atoms with E-state index in [0.29, 0.717) is 18.0 Å². The van der Waals surface area contributed by atoms with Crippen LogP contribution in [0.15, 0.2) is 12.3 Å². The first-order valence-corrected chi connectivity index (χ1v) is 8.54. The normalized spacial score (nSPS) is 18.6. The largest absolute Gasteiger partial charge is 0.327 e.